The van der Waals surface area contributed by atoms with Crippen molar-refractivity contribution in [1.82, 2.24) is 5.32 Å². The molecule has 0 radical (unpaired) electrons. The molecule has 1 heterocycles. The van der Waals surface area contributed by atoms with Crippen LogP contribution in [0.4, 0.5) is 0 Å². The number of thiophene rings is 1. The highest BCUT2D eigenvalue weighted by molar-refractivity contribution is 9.11. The third-order valence-electron chi connectivity index (χ3n) is 2.31. The first-order valence-corrected chi connectivity index (χ1v) is 6.74. The normalized spacial score (nSPS) is 15.2. The number of ether oxygens (including phenoxy) is 1. The number of halogens is 1. The van der Waals surface area contributed by atoms with Gasteiger partial charge in [0.2, 0.25) is 0 Å². The lowest BCUT2D eigenvalue weighted by molar-refractivity contribution is 0.183. The van der Waals surface area contributed by atoms with Gasteiger partial charge in [0.1, 0.15) is 0 Å². The van der Waals surface area contributed by atoms with Crippen LogP contribution in [0.3, 0.4) is 0 Å². The summed E-state index contributed by atoms with van der Waals surface area (Å²) < 4.78 is 6.25. The minimum atomic E-state index is 0.410. The van der Waals surface area contributed by atoms with E-state index in [1.807, 2.05) is 0 Å². The van der Waals surface area contributed by atoms with Crippen LogP contribution < -0.4 is 5.32 Å². The van der Waals surface area contributed by atoms with Crippen molar-refractivity contribution in [2.75, 3.05) is 13.7 Å². The molecule has 0 aliphatic rings. The first-order valence-electron chi connectivity index (χ1n) is 5.13. The van der Waals surface area contributed by atoms with Crippen molar-refractivity contribution in [3.05, 3.63) is 20.8 Å². The van der Waals surface area contributed by atoms with Crippen LogP contribution in [0.5, 0.6) is 0 Å². The maximum atomic E-state index is 5.06. The molecule has 15 heavy (non-hydrogen) atoms. The number of hydrogen-bond acceptors (Lipinski definition) is 3. The minimum Gasteiger partial charge on any atom is -0.385 e. The smallest absolute Gasteiger partial charge is 0.0701 e. The molecule has 0 fully saturated rings. The van der Waals surface area contributed by atoms with E-state index in [-0.39, 0.29) is 0 Å². The fourth-order valence-electron chi connectivity index (χ4n) is 1.45. The summed E-state index contributed by atoms with van der Waals surface area (Å²) in [6.07, 6.45) is 1.05. The average Bonchev–Trinajstić information content (AvgIpc) is 2.61. The van der Waals surface area contributed by atoms with Crippen molar-refractivity contribution in [2.45, 2.75) is 32.4 Å². The van der Waals surface area contributed by atoms with Gasteiger partial charge in [0.05, 0.1) is 3.79 Å². The van der Waals surface area contributed by atoms with Crippen LogP contribution in [0.1, 0.15) is 31.2 Å². The quantitative estimate of drug-likeness (QED) is 0.865. The predicted molar refractivity (Wildman–Crippen MR) is 69.5 cm³/mol. The molecule has 86 valence electrons. The molecule has 1 N–H and O–H groups in total. The summed E-state index contributed by atoms with van der Waals surface area (Å²) in [5, 5.41) is 3.55. The lowest BCUT2D eigenvalue weighted by Gasteiger charge is -2.18. The molecular formula is C11H18BrNOS. The van der Waals surface area contributed by atoms with Crippen molar-refractivity contribution in [3.63, 3.8) is 0 Å². The maximum Gasteiger partial charge on any atom is 0.0701 e. The Morgan fingerprint density at radius 3 is 2.73 bits per heavy atom. The van der Waals surface area contributed by atoms with E-state index in [9.17, 15) is 0 Å². The summed E-state index contributed by atoms with van der Waals surface area (Å²) in [4.78, 5) is 1.37. The fourth-order valence-corrected chi connectivity index (χ4v) is 2.88. The van der Waals surface area contributed by atoms with E-state index >= 15 is 0 Å². The third kappa shape index (κ3) is 4.64. The minimum absolute atomic E-state index is 0.410. The zero-order valence-corrected chi connectivity index (χ0v) is 11.8. The molecule has 0 amide bonds. The van der Waals surface area contributed by atoms with E-state index in [1.165, 1.54) is 8.66 Å². The molecule has 1 aromatic rings. The maximum absolute atomic E-state index is 5.06. The molecule has 2 atom stereocenters. The van der Waals surface area contributed by atoms with Gasteiger partial charge >= 0.3 is 0 Å². The SMILES string of the molecule is COCCC(C)NC(C)c1ccc(Br)s1. The van der Waals surface area contributed by atoms with Gasteiger partial charge in [0.25, 0.3) is 0 Å². The van der Waals surface area contributed by atoms with Crippen LogP contribution in [-0.2, 0) is 4.74 Å². The molecule has 0 aromatic carbocycles. The molecule has 2 unspecified atom stereocenters. The van der Waals surface area contributed by atoms with Gasteiger partial charge in [-0.2, -0.15) is 0 Å². The largest absolute Gasteiger partial charge is 0.385 e. The molecule has 1 aromatic heterocycles. The van der Waals surface area contributed by atoms with Crippen LogP contribution >= 0.6 is 27.3 Å². The summed E-state index contributed by atoms with van der Waals surface area (Å²) in [5.74, 6) is 0. The van der Waals surface area contributed by atoms with Gasteiger partial charge in [0, 0.05) is 30.7 Å². The van der Waals surface area contributed by atoms with Crippen LogP contribution in [-0.4, -0.2) is 19.8 Å². The average molecular weight is 292 g/mol. The third-order valence-corrected chi connectivity index (χ3v) is 4.12. The van der Waals surface area contributed by atoms with Gasteiger partial charge in [0.15, 0.2) is 0 Å². The molecule has 4 heteroatoms. The van der Waals surface area contributed by atoms with E-state index in [1.54, 1.807) is 18.4 Å². The Balaban J connectivity index is 2.38. The molecule has 0 spiro atoms. The Bertz CT molecular complexity index is 290. The molecule has 0 saturated heterocycles. The highest BCUT2D eigenvalue weighted by Gasteiger charge is 2.10. The van der Waals surface area contributed by atoms with E-state index in [4.69, 9.17) is 4.74 Å². The molecule has 0 aliphatic carbocycles. The Labute approximate surface area is 104 Å². The standard InChI is InChI=1S/C11H18BrNOS/c1-8(6-7-14-3)13-9(2)10-4-5-11(12)15-10/h4-5,8-9,13H,6-7H2,1-3H3. The van der Waals surface area contributed by atoms with Gasteiger partial charge in [-0.15, -0.1) is 11.3 Å². The van der Waals surface area contributed by atoms with E-state index in [2.05, 4.69) is 47.2 Å². The highest BCUT2D eigenvalue weighted by Crippen LogP contribution is 2.27. The molecular weight excluding hydrogens is 274 g/mol. The first kappa shape index (κ1) is 13.2. The Morgan fingerprint density at radius 1 is 1.47 bits per heavy atom. The van der Waals surface area contributed by atoms with Gasteiger partial charge in [-0.1, -0.05) is 0 Å². The lowest BCUT2D eigenvalue weighted by atomic mass is 10.2. The Kier molecular flexibility index (Phi) is 5.82. The van der Waals surface area contributed by atoms with E-state index < -0.39 is 0 Å². The second-order valence-electron chi connectivity index (χ2n) is 3.71. The monoisotopic (exact) mass is 291 g/mol. The molecule has 0 bridgehead atoms. The summed E-state index contributed by atoms with van der Waals surface area (Å²) >= 11 is 5.26. The van der Waals surface area contributed by atoms with Gasteiger partial charge < -0.3 is 10.1 Å². The summed E-state index contributed by atoms with van der Waals surface area (Å²) in [5.41, 5.74) is 0. The first-order chi connectivity index (χ1) is 7.13. The highest BCUT2D eigenvalue weighted by atomic mass is 79.9. The van der Waals surface area contributed by atoms with E-state index in [0.29, 0.717) is 12.1 Å². The zero-order chi connectivity index (χ0) is 11.3. The van der Waals surface area contributed by atoms with Crippen molar-refractivity contribution in [1.29, 1.82) is 0 Å². The van der Waals surface area contributed by atoms with Crippen LogP contribution in [0.25, 0.3) is 0 Å². The Morgan fingerprint density at radius 2 is 2.20 bits per heavy atom. The lowest BCUT2D eigenvalue weighted by Crippen LogP contribution is -2.29. The van der Waals surface area contributed by atoms with Crippen molar-refractivity contribution >= 4 is 27.3 Å². The number of hydrogen-bond donors (Lipinski definition) is 1. The van der Waals surface area contributed by atoms with Crippen molar-refractivity contribution in [2.24, 2.45) is 0 Å². The van der Waals surface area contributed by atoms with Crippen molar-refractivity contribution in [3.8, 4) is 0 Å². The summed E-state index contributed by atoms with van der Waals surface area (Å²) in [6, 6.07) is 5.15. The zero-order valence-electron chi connectivity index (χ0n) is 9.42. The number of methoxy groups -OCH3 is 1. The number of nitrogens with one attached hydrogen (secondary N) is 1. The van der Waals surface area contributed by atoms with Crippen LogP contribution in [0.15, 0.2) is 15.9 Å². The van der Waals surface area contributed by atoms with Crippen LogP contribution in [0, 0.1) is 0 Å². The van der Waals surface area contributed by atoms with Crippen molar-refractivity contribution < 1.29 is 4.74 Å². The number of rotatable bonds is 6. The van der Waals surface area contributed by atoms with Crippen LogP contribution in [0.2, 0.25) is 0 Å². The Hall–Kier alpha value is 0.1000. The van der Waals surface area contributed by atoms with Gasteiger partial charge in [-0.05, 0) is 48.3 Å². The molecule has 0 aliphatic heterocycles. The fraction of sp³-hybridized carbons (Fsp3) is 0.636. The molecule has 1 rings (SSSR count). The molecule has 2 nitrogen and oxygen atoms in total. The van der Waals surface area contributed by atoms with Gasteiger partial charge in [-0.25, -0.2) is 0 Å². The van der Waals surface area contributed by atoms with Gasteiger partial charge in [-0.3, -0.25) is 0 Å². The molecule has 0 saturated carbocycles. The summed E-state index contributed by atoms with van der Waals surface area (Å²) in [6.45, 7) is 5.20. The predicted octanol–water partition coefficient (Wildman–Crippen LogP) is 3.59. The second kappa shape index (κ2) is 6.63. The topological polar surface area (TPSA) is 21.3 Å². The van der Waals surface area contributed by atoms with E-state index in [0.717, 1.165) is 13.0 Å². The second-order valence-corrected chi connectivity index (χ2v) is 6.21. The summed E-state index contributed by atoms with van der Waals surface area (Å²) in [7, 11) is 1.74.